The van der Waals surface area contributed by atoms with E-state index in [2.05, 4.69) is 6.92 Å². The van der Waals surface area contributed by atoms with Crippen molar-refractivity contribution in [2.24, 2.45) is 17.8 Å². The van der Waals surface area contributed by atoms with E-state index in [1.165, 1.54) is 19.8 Å². The Hall–Kier alpha value is -0.530. The van der Waals surface area contributed by atoms with E-state index in [0.717, 1.165) is 30.6 Å². The van der Waals surface area contributed by atoms with Crippen LogP contribution in [0.2, 0.25) is 0 Å². The lowest BCUT2D eigenvalue weighted by atomic mass is 10.0. The summed E-state index contributed by atoms with van der Waals surface area (Å²) in [6, 6.07) is 0. The van der Waals surface area contributed by atoms with Gasteiger partial charge in [-0.3, -0.25) is 4.79 Å². The second-order valence-electron chi connectivity index (χ2n) is 4.80. The molecule has 0 aromatic heterocycles. The summed E-state index contributed by atoms with van der Waals surface area (Å²) in [4.78, 5) is 10.8. The van der Waals surface area contributed by atoms with Crippen LogP contribution in [0.4, 0.5) is 0 Å². The van der Waals surface area contributed by atoms with E-state index in [4.69, 9.17) is 4.74 Å². The molecule has 2 fully saturated rings. The summed E-state index contributed by atoms with van der Waals surface area (Å²) in [5.74, 6) is 2.48. The Morgan fingerprint density at radius 2 is 1.69 bits per heavy atom. The van der Waals surface area contributed by atoms with Crippen LogP contribution in [-0.2, 0) is 9.53 Å². The molecular formula is C11H18O2. The summed E-state index contributed by atoms with van der Waals surface area (Å²) in [5, 5.41) is 0. The smallest absolute Gasteiger partial charge is 0.302 e. The summed E-state index contributed by atoms with van der Waals surface area (Å²) in [6.45, 7) is 3.84. The first-order valence-electron chi connectivity index (χ1n) is 5.32. The predicted octanol–water partition coefficient (Wildman–Crippen LogP) is 2.37. The lowest BCUT2D eigenvalue weighted by Crippen LogP contribution is -2.13. The molecule has 0 bridgehead atoms. The van der Waals surface area contributed by atoms with Gasteiger partial charge in [0.1, 0.15) is 6.10 Å². The van der Waals surface area contributed by atoms with Crippen LogP contribution in [0, 0.1) is 17.8 Å². The topological polar surface area (TPSA) is 26.3 Å². The van der Waals surface area contributed by atoms with Crippen LogP contribution in [-0.4, -0.2) is 12.1 Å². The van der Waals surface area contributed by atoms with Crippen molar-refractivity contribution >= 4 is 5.97 Å². The van der Waals surface area contributed by atoms with Gasteiger partial charge in [0, 0.05) is 6.92 Å². The van der Waals surface area contributed by atoms with Gasteiger partial charge in [-0.2, -0.15) is 0 Å². The Kier molecular flexibility index (Phi) is 2.31. The fourth-order valence-electron chi connectivity index (χ4n) is 3.19. The largest absolute Gasteiger partial charge is 0.463 e. The molecule has 0 unspecified atom stereocenters. The van der Waals surface area contributed by atoms with Crippen molar-refractivity contribution in [3.05, 3.63) is 0 Å². The molecule has 2 saturated carbocycles. The van der Waals surface area contributed by atoms with Crippen LogP contribution >= 0.6 is 0 Å². The number of fused-ring (bicyclic) bond motifs is 1. The third-order valence-corrected chi connectivity index (χ3v) is 3.54. The Labute approximate surface area is 79.7 Å². The molecule has 0 spiro atoms. The molecule has 2 aliphatic carbocycles. The van der Waals surface area contributed by atoms with Crippen molar-refractivity contribution in [2.45, 2.75) is 45.6 Å². The third-order valence-electron chi connectivity index (χ3n) is 3.54. The van der Waals surface area contributed by atoms with E-state index in [-0.39, 0.29) is 12.1 Å². The lowest BCUT2D eigenvalue weighted by Gasteiger charge is -2.12. The molecule has 74 valence electrons. The predicted molar refractivity (Wildman–Crippen MR) is 50.2 cm³/mol. The fraction of sp³-hybridized carbons (Fsp3) is 0.909. The minimum Gasteiger partial charge on any atom is -0.463 e. The number of rotatable bonds is 1. The highest BCUT2D eigenvalue weighted by molar-refractivity contribution is 5.66. The molecular weight excluding hydrogens is 164 g/mol. The molecule has 0 heterocycles. The highest BCUT2D eigenvalue weighted by Crippen LogP contribution is 2.47. The van der Waals surface area contributed by atoms with Crippen LogP contribution in [0.25, 0.3) is 0 Å². The zero-order chi connectivity index (χ0) is 9.42. The molecule has 0 aromatic rings. The van der Waals surface area contributed by atoms with Crippen LogP contribution in [0.5, 0.6) is 0 Å². The fourth-order valence-corrected chi connectivity index (χ4v) is 3.19. The van der Waals surface area contributed by atoms with Crippen molar-refractivity contribution in [1.29, 1.82) is 0 Å². The number of esters is 1. The number of carbonyl (C=O) groups is 1. The van der Waals surface area contributed by atoms with E-state index in [9.17, 15) is 4.79 Å². The van der Waals surface area contributed by atoms with E-state index in [0.29, 0.717) is 0 Å². The Bertz CT molecular complexity index is 198. The van der Waals surface area contributed by atoms with Gasteiger partial charge in [0.2, 0.25) is 0 Å². The normalized spacial score (nSPS) is 43.2. The van der Waals surface area contributed by atoms with Crippen molar-refractivity contribution in [3.8, 4) is 0 Å². The van der Waals surface area contributed by atoms with Crippen LogP contribution < -0.4 is 0 Å². The first kappa shape index (κ1) is 9.04. The van der Waals surface area contributed by atoms with Crippen LogP contribution in [0.1, 0.15) is 39.5 Å². The van der Waals surface area contributed by atoms with Gasteiger partial charge in [-0.15, -0.1) is 0 Å². The van der Waals surface area contributed by atoms with Gasteiger partial charge in [-0.05, 0) is 43.4 Å². The second kappa shape index (κ2) is 3.32. The average molecular weight is 182 g/mol. The zero-order valence-corrected chi connectivity index (χ0v) is 8.45. The second-order valence-corrected chi connectivity index (χ2v) is 4.80. The molecule has 0 N–H and O–H groups in total. The first-order chi connectivity index (χ1) is 6.15. The monoisotopic (exact) mass is 182 g/mol. The molecule has 0 saturated heterocycles. The van der Waals surface area contributed by atoms with Crippen molar-refractivity contribution < 1.29 is 9.53 Å². The first-order valence-corrected chi connectivity index (χ1v) is 5.32. The van der Waals surface area contributed by atoms with Gasteiger partial charge in [0.15, 0.2) is 0 Å². The molecule has 2 rings (SSSR count). The number of hydrogen-bond acceptors (Lipinski definition) is 2. The van der Waals surface area contributed by atoms with Crippen molar-refractivity contribution in [1.82, 2.24) is 0 Å². The molecule has 2 heteroatoms. The maximum absolute atomic E-state index is 10.8. The lowest BCUT2D eigenvalue weighted by molar-refractivity contribution is -0.146. The summed E-state index contributed by atoms with van der Waals surface area (Å²) in [5.41, 5.74) is 0. The Morgan fingerprint density at radius 1 is 1.15 bits per heavy atom. The molecule has 13 heavy (non-hydrogen) atoms. The number of carbonyl (C=O) groups excluding carboxylic acids is 1. The Balaban J connectivity index is 1.86. The van der Waals surface area contributed by atoms with Crippen molar-refractivity contribution in [3.63, 3.8) is 0 Å². The summed E-state index contributed by atoms with van der Waals surface area (Å²) in [6.07, 6.45) is 5.17. The maximum Gasteiger partial charge on any atom is 0.302 e. The molecule has 2 aliphatic rings. The van der Waals surface area contributed by atoms with Crippen LogP contribution in [0.15, 0.2) is 0 Å². The molecule has 0 radical (unpaired) electrons. The highest BCUT2D eigenvalue weighted by atomic mass is 16.5. The number of hydrogen-bond donors (Lipinski definition) is 0. The maximum atomic E-state index is 10.8. The zero-order valence-electron chi connectivity index (χ0n) is 8.45. The van der Waals surface area contributed by atoms with E-state index in [1.807, 2.05) is 0 Å². The molecule has 0 amide bonds. The number of ether oxygens (including phenoxy) is 1. The molecule has 4 atom stereocenters. The van der Waals surface area contributed by atoms with Gasteiger partial charge >= 0.3 is 5.97 Å². The third kappa shape index (κ3) is 1.87. The van der Waals surface area contributed by atoms with Gasteiger partial charge in [0.25, 0.3) is 0 Å². The average Bonchev–Trinajstić information content (AvgIpc) is 2.41. The Morgan fingerprint density at radius 3 is 2.15 bits per heavy atom. The molecule has 2 nitrogen and oxygen atoms in total. The van der Waals surface area contributed by atoms with Crippen LogP contribution in [0.3, 0.4) is 0 Å². The van der Waals surface area contributed by atoms with Crippen molar-refractivity contribution in [2.75, 3.05) is 0 Å². The molecule has 0 aromatic carbocycles. The van der Waals surface area contributed by atoms with Gasteiger partial charge in [-0.1, -0.05) is 6.92 Å². The summed E-state index contributed by atoms with van der Waals surface area (Å²) >= 11 is 0. The van der Waals surface area contributed by atoms with E-state index >= 15 is 0 Å². The molecule has 0 aliphatic heterocycles. The van der Waals surface area contributed by atoms with Gasteiger partial charge in [-0.25, -0.2) is 0 Å². The minimum atomic E-state index is -0.113. The SMILES string of the molecule is CC(=O)O[C@H]1C[C@H]2C[C@@H](C)C[C@H]2C1. The standard InChI is InChI=1S/C11H18O2/c1-7-3-9-5-11(13-8(2)12)6-10(9)4-7/h7,9-11H,3-6H2,1-2H3/t7-,9-,10+,11+. The minimum absolute atomic E-state index is 0.113. The van der Waals surface area contributed by atoms with Gasteiger partial charge in [0.05, 0.1) is 0 Å². The summed E-state index contributed by atoms with van der Waals surface area (Å²) < 4.78 is 5.24. The summed E-state index contributed by atoms with van der Waals surface area (Å²) in [7, 11) is 0. The quantitative estimate of drug-likeness (QED) is 0.582. The van der Waals surface area contributed by atoms with Gasteiger partial charge < -0.3 is 4.74 Å². The highest BCUT2D eigenvalue weighted by Gasteiger charge is 2.41. The van der Waals surface area contributed by atoms with E-state index in [1.54, 1.807) is 0 Å². The van der Waals surface area contributed by atoms with E-state index < -0.39 is 0 Å².